The third-order valence-electron chi connectivity index (χ3n) is 7.09. The minimum absolute atomic E-state index is 0.111. The molecule has 0 saturated carbocycles. The van der Waals surface area contributed by atoms with Crippen molar-refractivity contribution in [1.29, 1.82) is 0 Å². The summed E-state index contributed by atoms with van der Waals surface area (Å²) in [7, 11) is 0. The number of carbonyl (C=O) groups is 2. The van der Waals surface area contributed by atoms with E-state index in [1.165, 1.54) is 5.56 Å². The van der Waals surface area contributed by atoms with Crippen molar-refractivity contribution in [2.75, 3.05) is 19.6 Å². The van der Waals surface area contributed by atoms with E-state index < -0.39 is 12.1 Å². The van der Waals surface area contributed by atoms with Crippen molar-refractivity contribution < 1.29 is 24.2 Å². The first-order chi connectivity index (χ1) is 17.5. The van der Waals surface area contributed by atoms with Crippen LogP contribution in [0.1, 0.15) is 39.4 Å². The Kier molecular flexibility index (Phi) is 7.18. The molecule has 3 aromatic carbocycles. The van der Waals surface area contributed by atoms with E-state index in [-0.39, 0.29) is 11.7 Å². The summed E-state index contributed by atoms with van der Waals surface area (Å²) in [6.07, 6.45) is 0.529. The fraction of sp³-hybridized carbons (Fsp3) is 0.310. The SMILES string of the molecule is O=C(NCc1cccc(OCc2ccc(C(=O)O)cc2)c1)O[C@H]1CN2CCC1C(c1ccccc1)C2. The largest absolute Gasteiger partial charge is 0.489 e. The molecule has 0 radical (unpaired) electrons. The molecule has 1 amide bonds. The number of fused-ring (bicyclic) bond motifs is 3. The van der Waals surface area contributed by atoms with Crippen LogP contribution in [-0.4, -0.2) is 47.8 Å². The lowest BCUT2D eigenvalue weighted by atomic mass is 9.74. The number of hydrogen-bond donors (Lipinski definition) is 2. The number of nitrogens with one attached hydrogen (secondary N) is 1. The molecule has 3 heterocycles. The van der Waals surface area contributed by atoms with Crippen molar-refractivity contribution in [3.05, 3.63) is 101 Å². The number of amides is 1. The van der Waals surface area contributed by atoms with Gasteiger partial charge in [0.15, 0.2) is 0 Å². The number of benzene rings is 3. The highest BCUT2D eigenvalue weighted by Crippen LogP contribution is 2.40. The number of nitrogens with zero attached hydrogens (tertiary/aromatic N) is 1. The lowest BCUT2D eigenvalue weighted by Crippen LogP contribution is -2.56. The van der Waals surface area contributed by atoms with Crippen molar-refractivity contribution in [3.8, 4) is 5.75 Å². The maximum atomic E-state index is 12.7. The van der Waals surface area contributed by atoms with Gasteiger partial charge in [0.05, 0.1) is 5.56 Å². The molecule has 3 fully saturated rings. The maximum absolute atomic E-state index is 12.7. The molecule has 3 aromatic rings. The van der Waals surface area contributed by atoms with E-state index in [0.29, 0.717) is 30.7 Å². The second-order valence-electron chi connectivity index (χ2n) is 9.46. The van der Waals surface area contributed by atoms with E-state index in [1.54, 1.807) is 24.3 Å². The van der Waals surface area contributed by atoms with Crippen LogP contribution in [0.4, 0.5) is 4.79 Å². The Labute approximate surface area is 210 Å². The number of hydrogen-bond acceptors (Lipinski definition) is 5. The number of piperidine rings is 3. The van der Waals surface area contributed by atoms with Crippen LogP contribution in [0.25, 0.3) is 0 Å². The van der Waals surface area contributed by atoms with Gasteiger partial charge >= 0.3 is 12.1 Å². The van der Waals surface area contributed by atoms with E-state index in [4.69, 9.17) is 14.6 Å². The van der Waals surface area contributed by atoms with Gasteiger partial charge in [-0.3, -0.25) is 4.90 Å². The number of ether oxygens (including phenoxy) is 2. The first-order valence-corrected chi connectivity index (χ1v) is 12.3. The normalized spacial score (nSPS) is 22.6. The molecule has 0 aromatic heterocycles. The molecule has 2 N–H and O–H groups in total. The lowest BCUT2D eigenvalue weighted by molar-refractivity contribution is -0.0459. The molecular formula is C29H30N2O5. The second kappa shape index (κ2) is 10.8. The Hall–Kier alpha value is -3.84. The third kappa shape index (κ3) is 5.69. The van der Waals surface area contributed by atoms with Crippen molar-refractivity contribution in [2.24, 2.45) is 5.92 Å². The highest BCUT2D eigenvalue weighted by atomic mass is 16.6. The fourth-order valence-electron chi connectivity index (χ4n) is 5.22. The molecule has 3 unspecified atom stereocenters. The predicted molar refractivity (Wildman–Crippen MR) is 135 cm³/mol. The highest BCUT2D eigenvalue weighted by molar-refractivity contribution is 5.87. The molecule has 3 aliphatic rings. The maximum Gasteiger partial charge on any atom is 0.407 e. The van der Waals surface area contributed by atoms with Gasteiger partial charge in [0.25, 0.3) is 0 Å². The van der Waals surface area contributed by atoms with E-state index in [2.05, 4.69) is 34.5 Å². The molecule has 7 heteroatoms. The van der Waals surface area contributed by atoms with E-state index in [1.807, 2.05) is 30.3 Å². The van der Waals surface area contributed by atoms with Crippen LogP contribution >= 0.6 is 0 Å². The summed E-state index contributed by atoms with van der Waals surface area (Å²) in [4.78, 5) is 26.0. The van der Waals surface area contributed by atoms with Gasteiger partial charge in [-0.15, -0.1) is 0 Å². The zero-order chi connectivity index (χ0) is 24.9. The van der Waals surface area contributed by atoms with Gasteiger partial charge in [-0.25, -0.2) is 9.59 Å². The summed E-state index contributed by atoms with van der Waals surface area (Å²) < 4.78 is 11.7. The molecule has 2 bridgehead atoms. The van der Waals surface area contributed by atoms with Gasteiger partial charge in [-0.1, -0.05) is 54.6 Å². The zero-order valence-electron chi connectivity index (χ0n) is 20.0. The minimum Gasteiger partial charge on any atom is -0.489 e. The van der Waals surface area contributed by atoms with Crippen LogP contribution in [0, 0.1) is 5.92 Å². The Balaban J connectivity index is 1.12. The second-order valence-corrected chi connectivity index (χ2v) is 9.46. The Bertz CT molecular complexity index is 1200. The molecule has 0 spiro atoms. The third-order valence-corrected chi connectivity index (χ3v) is 7.09. The summed E-state index contributed by atoms with van der Waals surface area (Å²) in [5, 5.41) is 11.9. The Morgan fingerprint density at radius 1 is 0.944 bits per heavy atom. The summed E-state index contributed by atoms with van der Waals surface area (Å²) in [6, 6.07) is 24.6. The number of aromatic carboxylic acids is 1. The smallest absolute Gasteiger partial charge is 0.407 e. The van der Waals surface area contributed by atoms with Gasteiger partial charge in [0.2, 0.25) is 0 Å². The van der Waals surface area contributed by atoms with Gasteiger partial charge < -0.3 is 19.9 Å². The molecule has 3 aliphatic heterocycles. The first-order valence-electron chi connectivity index (χ1n) is 12.3. The molecule has 3 saturated heterocycles. The summed E-state index contributed by atoms with van der Waals surface area (Å²) in [6.45, 7) is 3.53. The van der Waals surface area contributed by atoms with Gasteiger partial charge in [-0.2, -0.15) is 0 Å². The fourth-order valence-corrected chi connectivity index (χ4v) is 5.22. The van der Waals surface area contributed by atoms with Crippen molar-refractivity contribution in [1.82, 2.24) is 10.2 Å². The van der Waals surface area contributed by atoms with Gasteiger partial charge in [0, 0.05) is 31.5 Å². The van der Waals surface area contributed by atoms with Crippen LogP contribution in [0.3, 0.4) is 0 Å². The first kappa shape index (κ1) is 23.9. The number of rotatable bonds is 8. The van der Waals surface area contributed by atoms with Crippen LogP contribution in [-0.2, 0) is 17.9 Å². The quantitative estimate of drug-likeness (QED) is 0.481. The Morgan fingerprint density at radius 3 is 2.50 bits per heavy atom. The summed E-state index contributed by atoms with van der Waals surface area (Å²) in [5.74, 6) is 0.448. The van der Waals surface area contributed by atoms with E-state index in [0.717, 1.165) is 37.2 Å². The summed E-state index contributed by atoms with van der Waals surface area (Å²) >= 11 is 0. The topological polar surface area (TPSA) is 88.1 Å². The number of carboxylic acids is 1. The highest BCUT2D eigenvalue weighted by Gasteiger charge is 2.43. The van der Waals surface area contributed by atoms with Crippen LogP contribution in [0.15, 0.2) is 78.9 Å². The molecular weight excluding hydrogens is 456 g/mol. The summed E-state index contributed by atoms with van der Waals surface area (Å²) in [5.41, 5.74) is 3.34. The van der Waals surface area contributed by atoms with Crippen LogP contribution < -0.4 is 10.1 Å². The van der Waals surface area contributed by atoms with Crippen LogP contribution in [0.2, 0.25) is 0 Å². The predicted octanol–water partition coefficient (Wildman–Crippen LogP) is 4.68. The van der Waals surface area contributed by atoms with Crippen molar-refractivity contribution in [3.63, 3.8) is 0 Å². The lowest BCUT2D eigenvalue weighted by Gasteiger charge is -2.49. The minimum atomic E-state index is -0.953. The average Bonchev–Trinajstić information content (AvgIpc) is 2.92. The monoisotopic (exact) mass is 486 g/mol. The van der Waals surface area contributed by atoms with Crippen molar-refractivity contribution >= 4 is 12.1 Å². The molecule has 0 aliphatic carbocycles. The van der Waals surface area contributed by atoms with Crippen molar-refractivity contribution in [2.45, 2.75) is 31.6 Å². The number of carbonyl (C=O) groups excluding carboxylic acids is 1. The molecule has 7 nitrogen and oxygen atoms in total. The molecule has 6 rings (SSSR count). The standard InChI is InChI=1S/C29H30N2O5/c32-28(33)23-11-9-20(10-12-23)19-35-24-8-4-5-21(15-24)16-30-29(34)36-27-18-31-14-13-25(27)26(17-31)22-6-2-1-3-7-22/h1-12,15,25-27H,13-14,16-19H2,(H,30,34)(H,32,33)/t25?,26?,27-/m0/s1. The van der Waals surface area contributed by atoms with Gasteiger partial charge in [-0.05, 0) is 53.9 Å². The van der Waals surface area contributed by atoms with E-state index >= 15 is 0 Å². The molecule has 36 heavy (non-hydrogen) atoms. The Morgan fingerprint density at radius 2 is 1.75 bits per heavy atom. The number of carboxylic acid groups (broad SMARTS) is 1. The zero-order valence-corrected chi connectivity index (χ0v) is 20.0. The number of alkyl carbamates (subject to hydrolysis) is 1. The van der Waals surface area contributed by atoms with E-state index in [9.17, 15) is 9.59 Å². The molecule has 4 atom stereocenters. The van der Waals surface area contributed by atoms with Crippen LogP contribution in [0.5, 0.6) is 5.75 Å². The average molecular weight is 487 g/mol. The molecule has 186 valence electrons. The van der Waals surface area contributed by atoms with Gasteiger partial charge in [0.1, 0.15) is 18.5 Å².